The van der Waals surface area contributed by atoms with Crippen molar-refractivity contribution in [2.75, 3.05) is 13.1 Å². The molecule has 6 heteroatoms. The fraction of sp³-hybridized carbons (Fsp3) is 0.353. The van der Waals surface area contributed by atoms with Gasteiger partial charge in [0, 0.05) is 18.8 Å². The zero-order valence-corrected chi connectivity index (χ0v) is 13.1. The standard InChI is InChI=1S/C17H20N4O2/c1-2-13-10-14(20-19-13)15(22)21-9-8-17(11-21,16(18)23)12-6-4-3-5-7-12/h3-7,10H,2,8-9,11H2,1H3,(H2,18,23)(H,19,20). The number of hydrogen-bond donors (Lipinski definition) is 2. The van der Waals surface area contributed by atoms with Gasteiger partial charge in [0.1, 0.15) is 5.69 Å². The van der Waals surface area contributed by atoms with Crippen molar-refractivity contribution in [3.8, 4) is 0 Å². The molecule has 1 fully saturated rings. The second kappa shape index (κ2) is 5.87. The first kappa shape index (κ1) is 15.3. The van der Waals surface area contributed by atoms with Gasteiger partial charge in [0.2, 0.25) is 5.91 Å². The molecule has 0 aliphatic carbocycles. The number of likely N-dealkylation sites (tertiary alicyclic amines) is 1. The summed E-state index contributed by atoms with van der Waals surface area (Å²) in [5.41, 5.74) is 7.03. The van der Waals surface area contributed by atoms with Crippen molar-refractivity contribution < 1.29 is 9.59 Å². The number of amides is 2. The maximum Gasteiger partial charge on any atom is 0.274 e. The number of aryl methyl sites for hydroxylation is 1. The third-order valence-electron chi connectivity index (χ3n) is 4.59. The molecule has 120 valence electrons. The number of aromatic nitrogens is 2. The van der Waals surface area contributed by atoms with E-state index in [0.29, 0.717) is 25.2 Å². The van der Waals surface area contributed by atoms with Crippen LogP contribution in [0.2, 0.25) is 0 Å². The van der Waals surface area contributed by atoms with E-state index in [1.54, 1.807) is 11.0 Å². The summed E-state index contributed by atoms with van der Waals surface area (Å²) in [6.45, 7) is 2.77. The minimum absolute atomic E-state index is 0.167. The Hall–Kier alpha value is -2.63. The Bertz CT molecular complexity index is 725. The molecule has 2 heterocycles. The second-order valence-electron chi connectivity index (χ2n) is 5.92. The maximum absolute atomic E-state index is 12.6. The van der Waals surface area contributed by atoms with Crippen molar-refractivity contribution in [3.63, 3.8) is 0 Å². The Labute approximate surface area is 134 Å². The number of benzene rings is 1. The topological polar surface area (TPSA) is 92.1 Å². The molecule has 1 aromatic carbocycles. The number of carbonyl (C=O) groups is 2. The number of H-pyrrole nitrogens is 1. The Balaban J connectivity index is 1.85. The number of hydrogen-bond acceptors (Lipinski definition) is 3. The minimum Gasteiger partial charge on any atom is -0.369 e. The average molecular weight is 312 g/mol. The first-order valence-electron chi connectivity index (χ1n) is 7.76. The third-order valence-corrected chi connectivity index (χ3v) is 4.59. The van der Waals surface area contributed by atoms with Crippen LogP contribution in [0.15, 0.2) is 36.4 Å². The van der Waals surface area contributed by atoms with Crippen LogP contribution in [0.3, 0.4) is 0 Å². The third kappa shape index (κ3) is 2.60. The lowest BCUT2D eigenvalue weighted by molar-refractivity contribution is -0.123. The molecule has 3 N–H and O–H groups in total. The zero-order chi connectivity index (χ0) is 16.4. The highest BCUT2D eigenvalue weighted by Crippen LogP contribution is 2.35. The van der Waals surface area contributed by atoms with E-state index in [1.807, 2.05) is 37.3 Å². The molecule has 1 aliphatic heterocycles. The fourth-order valence-corrected chi connectivity index (χ4v) is 3.13. The summed E-state index contributed by atoms with van der Waals surface area (Å²) < 4.78 is 0. The highest BCUT2D eigenvalue weighted by molar-refractivity contribution is 5.95. The van der Waals surface area contributed by atoms with Gasteiger partial charge in [-0.2, -0.15) is 5.10 Å². The van der Waals surface area contributed by atoms with Crippen LogP contribution in [0.5, 0.6) is 0 Å². The van der Waals surface area contributed by atoms with Gasteiger partial charge in [-0.25, -0.2) is 0 Å². The molecule has 1 saturated heterocycles. The number of rotatable bonds is 4. The Morgan fingerprint density at radius 3 is 2.70 bits per heavy atom. The molecular formula is C17H20N4O2. The van der Waals surface area contributed by atoms with E-state index in [-0.39, 0.29) is 5.91 Å². The molecule has 23 heavy (non-hydrogen) atoms. The van der Waals surface area contributed by atoms with Crippen LogP contribution in [0, 0.1) is 0 Å². The summed E-state index contributed by atoms with van der Waals surface area (Å²) in [4.78, 5) is 26.4. The minimum atomic E-state index is -0.819. The predicted molar refractivity (Wildman–Crippen MR) is 85.8 cm³/mol. The lowest BCUT2D eigenvalue weighted by Gasteiger charge is -2.26. The van der Waals surface area contributed by atoms with Crippen LogP contribution in [-0.4, -0.2) is 40.0 Å². The first-order chi connectivity index (χ1) is 11.1. The largest absolute Gasteiger partial charge is 0.369 e. The molecule has 2 aromatic rings. The van der Waals surface area contributed by atoms with Crippen molar-refractivity contribution in [2.45, 2.75) is 25.2 Å². The van der Waals surface area contributed by atoms with Gasteiger partial charge in [-0.05, 0) is 24.5 Å². The lowest BCUT2D eigenvalue weighted by atomic mass is 9.79. The second-order valence-corrected chi connectivity index (χ2v) is 5.92. The monoisotopic (exact) mass is 312 g/mol. The van der Waals surface area contributed by atoms with Crippen LogP contribution >= 0.6 is 0 Å². The predicted octanol–water partition coefficient (Wildman–Crippen LogP) is 1.24. The number of nitrogens with zero attached hydrogens (tertiary/aromatic N) is 2. The van der Waals surface area contributed by atoms with Gasteiger partial charge in [-0.15, -0.1) is 0 Å². The number of aromatic amines is 1. The molecular weight excluding hydrogens is 292 g/mol. The van der Waals surface area contributed by atoms with Crippen LogP contribution < -0.4 is 5.73 Å². The van der Waals surface area contributed by atoms with Gasteiger partial charge in [-0.1, -0.05) is 37.3 Å². The summed E-state index contributed by atoms with van der Waals surface area (Å²) in [5, 5.41) is 6.91. The molecule has 1 aliphatic rings. The van der Waals surface area contributed by atoms with Crippen LogP contribution in [0.4, 0.5) is 0 Å². The van der Waals surface area contributed by atoms with Crippen LogP contribution in [0.1, 0.15) is 35.1 Å². The van der Waals surface area contributed by atoms with Gasteiger partial charge >= 0.3 is 0 Å². The van der Waals surface area contributed by atoms with E-state index in [9.17, 15) is 9.59 Å². The first-order valence-corrected chi connectivity index (χ1v) is 7.76. The number of carbonyl (C=O) groups excluding carboxylic acids is 2. The molecule has 0 radical (unpaired) electrons. The van der Waals surface area contributed by atoms with Crippen molar-refractivity contribution in [1.82, 2.24) is 15.1 Å². The molecule has 0 saturated carbocycles. The highest BCUT2D eigenvalue weighted by Gasteiger charge is 2.46. The van der Waals surface area contributed by atoms with Crippen molar-refractivity contribution in [1.29, 1.82) is 0 Å². The SMILES string of the molecule is CCc1cc(C(=O)N2CCC(C(N)=O)(c3ccccc3)C2)n[nH]1. The molecule has 6 nitrogen and oxygen atoms in total. The van der Waals surface area contributed by atoms with Crippen LogP contribution in [0.25, 0.3) is 0 Å². The summed E-state index contributed by atoms with van der Waals surface area (Å²) in [5.74, 6) is -0.560. The van der Waals surface area contributed by atoms with E-state index >= 15 is 0 Å². The van der Waals surface area contributed by atoms with Crippen molar-refractivity contribution >= 4 is 11.8 Å². The summed E-state index contributed by atoms with van der Waals surface area (Å²) in [6, 6.07) is 11.2. The quantitative estimate of drug-likeness (QED) is 0.889. The van der Waals surface area contributed by atoms with E-state index in [2.05, 4.69) is 10.2 Å². The molecule has 2 amide bonds. The van der Waals surface area contributed by atoms with E-state index in [0.717, 1.165) is 17.7 Å². The molecule has 1 unspecified atom stereocenters. The average Bonchev–Trinajstić information content (AvgIpc) is 3.23. The Morgan fingerprint density at radius 1 is 1.35 bits per heavy atom. The van der Waals surface area contributed by atoms with Crippen molar-refractivity contribution in [2.24, 2.45) is 5.73 Å². The highest BCUT2D eigenvalue weighted by atomic mass is 16.2. The zero-order valence-electron chi connectivity index (χ0n) is 13.1. The van der Waals surface area contributed by atoms with Gasteiger partial charge < -0.3 is 10.6 Å². The molecule has 1 aromatic heterocycles. The summed E-state index contributed by atoms with van der Waals surface area (Å²) in [6.07, 6.45) is 1.32. The smallest absolute Gasteiger partial charge is 0.274 e. The molecule has 0 spiro atoms. The number of nitrogens with one attached hydrogen (secondary N) is 1. The Kier molecular flexibility index (Phi) is 3.90. The van der Waals surface area contributed by atoms with Gasteiger partial charge in [0.15, 0.2) is 0 Å². The summed E-state index contributed by atoms with van der Waals surface area (Å²) in [7, 11) is 0. The number of nitrogens with two attached hydrogens (primary N) is 1. The normalized spacial score (nSPS) is 20.7. The molecule has 1 atom stereocenters. The van der Waals surface area contributed by atoms with Gasteiger partial charge in [0.05, 0.1) is 5.41 Å². The van der Waals surface area contributed by atoms with Gasteiger partial charge in [-0.3, -0.25) is 14.7 Å². The fourth-order valence-electron chi connectivity index (χ4n) is 3.13. The maximum atomic E-state index is 12.6. The van der Waals surface area contributed by atoms with Crippen molar-refractivity contribution in [3.05, 3.63) is 53.3 Å². The van der Waals surface area contributed by atoms with E-state index in [4.69, 9.17) is 5.73 Å². The van der Waals surface area contributed by atoms with E-state index in [1.165, 1.54) is 0 Å². The van der Waals surface area contributed by atoms with Gasteiger partial charge in [0.25, 0.3) is 5.91 Å². The van der Waals surface area contributed by atoms with Crippen LogP contribution in [-0.2, 0) is 16.6 Å². The Morgan fingerprint density at radius 2 is 2.09 bits per heavy atom. The number of primary amides is 1. The summed E-state index contributed by atoms with van der Waals surface area (Å²) >= 11 is 0. The molecule has 0 bridgehead atoms. The molecule has 3 rings (SSSR count). The van der Waals surface area contributed by atoms with E-state index < -0.39 is 11.3 Å². The lowest BCUT2D eigenvalue weighted by Crippen LogP contribution is -2.44.